The van der Waals surface area contributed by atoms with Gasteiger partial charge < -0.3 is 29.0 Å². The Balaban J connectivity index is 2.23. The number of phosphoric ester groups is 1. The van der Waals surface area contributed by atoms with Crippen LogP contribution < -0.4 is 11.2 Å². The number of carbonyl (C=O) groups excluding carboxylic acids is 1. The van der Waals surface area contributed by atoms with Crippen molar-refractivity contribution >= 4 is 29.4 Å². The van der Waals surface area contributed by atoms with E-state index in [1.807, 2.05) is 4.98 Å². The molecule has 1 aromatic heterocycles. The molecule has 0 amide bonds. The fourth-order valence-electron chi connectivity index (χ4n) is 2.79. The van der Waals surface area contributed by atoms with Gasteiger partial charge >= 0.3 is 35.1 Å². The van der Waals surface area contributed by atoms with Gasteiger partial charge in [-0.1, -0.05) is 0 Å². The summed E-state index contributed by atoms with van der Waals surface area (Å²) in [6.45, 7) is -1.34. The fraction of sp³-hybridized carbons (Fsp3) is 0.583. The van der Waals surface area contributed by atoms with Crippen LogP contribution in [0.5, 0.6) is 0 Å². The number of aromatic nitrogens is 2. The molecule has 0 aliphatic carbocycles. The van der Waals surface area contributed by atoms with Crippen molar-refractivity contribution in [1.82, 2.24) is 9.55 Å². The van der Waals surface area contributed by atoms with Crippen LogP contribution in [0.25, 0.3) is 0 Å². The maximum absolute atomic E-state index is 13.8. The summed E-state index contributed by atoms with van der Waals surface area (Å²) in [7, 11) is -16.9. The van der Waals surface area contributed by atoms with E-state index in [-0.39, 0.29) is 0 Å². The first-order valence-electron chi connectivity index (χ1n) is 8.52. The highest BCUT2D eigenvalue weighted by Crippen LogP contribution is 2.66. The summed E-state index contributed by atoms with van der Waals surface area (Å²) in [6.07, 6.45) is -3.56. The van der Waals surface area contributed by atoms with Gasteiger partial charge in [-0.15, -0.1) is 0 Å². The predicted molar refractivity (Wildman–Crippen MR) is 100 cm³/mol. The van der Waals surface area contributed by atoms with Crippen molar-refractivity contribution in [3.8, 4) is 0 Å². The lowest BCUT2D eigenvalue weighted by atomic mass is 10.00. The second kappa shape index (κ2) is 10.4. The summed E-state index contributed by atoms with van der Waals surface area (Å²) < 4.78 is 70.4. The molecule has 1 saturated heterocycles. The lowest BCUT2D eigenvalue weighted by Crippen LogP contribution is -2.38. The average Bonchev–Trinajstić information content (AvgIpc) is 2.93. The summed E-state index contributed by atoms with van der Waals surface area (Å²) in [6, 6.07) is 0.916. The average molecular weight is 542 g/mol. The summed E-state index contributed by atoms with van der Waals surface area (Å²) in [5.74, 6) is -2.30. The molecule has 5 N–H and O–H groups in total. The number of alkyl halides is 1. The third-order valence-electron chi connectivity index (χ3n) is 3.92. The van der Waals surface area contributed by atoms with Gasteiger partial charge in [0.1, 0.15) is 0 Å². The van der Waals surface area contributed by atoms with Crippen molar-refractivity contribution in [2.75, 3.05) is 13.3 Å². The van der Waals surface area contributed by atoms with Crippen molar-refractivity contribution in [1.29, 1.82) is 0 Å². The van der Waals surface area contributed by atoms with Crippen molar-refractivity contribution < 1.29 is 65.1 Å². The largest absolute Gasteiger partial charge is 0.490 e. The van der Waals surface area contributed by atoms with E-state index in [4.69, 9.17) is 24.2 Å². The van der Waals surface area contributed by atoms with Gasteiger partial charge in [0.25, 0.3) is 5.56 Å². The number of rotatable bonds is 10. The lowest BCUT2D eigenvalue weighted by Gasteiger charge is -2.22. The number of halogens is 1. The molecule has 6 atom stereocenters. The molecule has 2 heterocycles. The number of nitrogens with zero attached hydrogens (tertiary/aromatic N) is 1. The fourth-order valence-corrected chi connectivity index (χ4v) is 5.82. The summed E-state index contributed by atoms with van der Waals surface area (Å²) in [5, 5.41) is 0. The summed E-state index contributed by atoms with van der Waals surface area (Å²) >= 11 is 0. The number of esters is 1. The van der Waals surface area contributed by atoms with Crippen molar-refractivity contribution in [2.45, 2.75) is 25.4 Å². The molecule has 0 bridgehead atoms. The van der Waals surface area contributed by atoms with E-state index in [9.17, 15) is 37.4 Å². The molecule has 0 spiro atoms. The van der Waals surface area contributed by atoms with Crippen LogP contribution in [0.4, 0.5) is 4.39 Å². The maximum Gasteiger partial charge on any atom is 0.490 e. The van der Waals surface area contributed by atoms with Gasteiger partial charge in [0.15, 0.2) is 12.3 Å². The first-order valence-corrected chi connectivity index (χ1v) is 13.0. The lowest BCUT2D eigenvalue weighted by molar-refractivity contribution is -0.154. The van der Waals surface area contributed by atoms with E-state index < -0.39 is 78.3 Å². The second-order valence-corrected chi connectivity index (χ2v) is 10.8. The van der Waals surface area contributed by atoms with Gasteiger partial charge in [-0.05, 0) is 0 Å². The third kappa shape index (κ3) is 8.02. The minimum atomic E-state index is -5.79. The quantitative estimate of drug-likeness (QED) is 0.181. The van der Waals surface area contributed by atoms with Crippen molar-refractivity contribution in [2.24, 2.45) is 5.92 Å². The van der Waals surface area contributed by atoms with Crippen molar-refractivity contribution in [3.05, 3.63) is 33.1 Å². The van der Waals surface area contributed by atoms with Gasteiger partial charge in [0, 0.05) is 19.2 Å². The molecule has 1 aromatic rings. The predicted octanol–water partition coefficient (Wildman–Crippen LogP) is -0.705. The number of aromatic amines is 1. The van der Waals surface area contributed by atoms with Crippen LogP contribution in [0.1, 0.15) is 13.2 Å². The number of hydrogen-bond donors (Lipinski definition) is 5. The number of phosphoric acid groups is 3. The highest BCUT2D eigenvalue weighted by atomic mass is 31.3. The molecule has 2 rings (SSSR count). The molecule has 21 heteroatoms. The van der Waals surface area contributed by atoms with Gasteiger partial charge in [-0.25, -0.2) is 18.5 Å². The zero-order valence-electron chi connectivity index (χ0n) is 16.3. The highest BCUT2D eigenvalue weighted by molar-refractivity contribution is 7.66. The zero-order valence-corrected chi connectivity index (χ0v) is 19.0. The van der Waals surface area contributed by atoms with E-state index in [1.165, 1.54) is 0 Å². The van der Waals surface area contributed by atoms with Crippen LogP contribution in [-0.4, -0.2) is 60.6 Å². The Morgan fingerprint density at radius 2 is 1.82 bits per heavy atom. The van der Waals surface area contributed by atoms with Gasteiger partial charge in [-0.3, -0.25) is 28.1 Å². The topological polar surface area (TPSA) is 250 Å². The summed E-state index contributed by atoms with van der Waals surface area (Å²) in [5.41, 5.74) is -1.79. The van der Waals surface area contributed by atoms with Crippen LogP contribution in [0.3, 0.4) is 0 Å². The standard InChI is InChI=1S/C12H18FN2O15P3/c1-6(16)27-10-7(4-13)8(28-11(10)15-3-2-9(17)14-12(15)18)5-26-32(22,23)30-33(24,25)29-31(19,20)21/h2-3,7-8,10-11H,4-5H2,1H3,(H,22,23)(H,24,25)(H,14,17,18)(H2,19,20,21)/t7-,8-,10-,11-/m1/s1. The molecule has 33 heavy (non-hydrogen) atoms. The molecule has 0 aromatic carbocycles. The van der Waals surface area contributed by atoms with Gasteiger partial charge in [-0.2, -0.15) is 8.62 Å². The van der Waals surface area contributed by atoms with Crippen LogP contribution in [0, 0.1) is 5.92 Å². The Bertz CT molecular complexity index is 1130. The van der Waals surface area contributed by atoms with Crippen LogP contribution >= 0.6 is 23.5 Å². The zero-order chi connectivity index (χ0) is 25.2. The van der Waals surface area contributed by atoms with Gasteiger partial charge in [0.05, 0.1) is 25.3 Å². The normalized spacial score (nSPS) is 27.0. The van der Waals surface area contributed by atoms with E-state index in [2.05, 4.69) is 13.1 Å². The molecule has 1 aliphatic rings. The molecule has 2 unspecified atom stereocenters. The maximum atomic E-state index is 13.8. The Morgan fingerprint density at radius 3 is 2.33 bits per heavy atom. The Kier molecular flexibility index (Phi) is 8.71. The smallest absolute Gasteiger partial charge is 0.457 e. The molecular formula is C12H18FN2O15P3. The highest BCUT2D eigenvalue weighted by Gasteiger charge is 2.49. The van der Waals surface area contributed by atoms with Crippen molar-refractivity contribution in [3.63, 3.8) is 0 Å². The molecule has 188 valence electrons. The SMILES string of the molecule is CC(=O)O[C@@H]1[C@H](CF)[C@@H](COP(=O)(O)OP(=O)(O)OP(=O)(O)O)O[C@H]1n1ccc(=O)[nH]c1=O. The third-order valence-corrected chi connectivity index (χ3v) is 7.72. The first kappa shape index (κ1) is 27.7. The van der Waals surface area contributed by atoms with E-state index in [0.717, 1.165) is 23.8 Å². The molecular weight excluding hydrogens is 524 g/mol. The Labute approximate surface area is 182 Å². The molecule has 0 radical (unpaired) electrons. The van der Waals surface area contributed by atoms with Crippen LogP contribution in [0.15, 0.2) is 21.9 Å². The van der Waals surface area contributed by atoms with E-state index >= 15 is 0 Å². The number of ether oxygens (including phenoxy) is 2. The minimum absolute atomic E-state index is 0.752. The van der Waals surface area contributed by atoms with E-state index in [1.54, 1.807) is 0 Å². The number of nitrogens with one attached hydrogen (secondary N) is 1. The minimum Gasteiger partial charge on any atom is -0.457 e. The molecule has 1 aliphatic heterocycles. The number of carbonyl (C=O) groups is 1. The van der Waals surface area contributed by atoms with Crippen LogP contribution in [-0.2, 0) is 41.1 Å². The van der Waals surface area contributed by atoms with Gasteiger partial charge in [0.2, 0.25) is 0 Å². The second-order valence-electron chi connectivity index (χ2n) is 6.36. The molecule has 0 saturated carbocycles. The summed E-state index contributed by atoms with van der Waals surface area (Å²) in [4.78, 5) is 72.4. The first-order chi connectivity index (χ1) is 15.0. The molecule has 17 nitrogen and oxygen atoms in total. The van der Waals surface area contributed by atoms with E-state index in [0.29, 0.717) is 0 Å². The Morgan fingerprint density at radius 1 is 1.18 bits per heavy atom. The number of H-pyrrole nitrogens is 1. The Hall–Kier alpha value is -1.55. The monoisotopic (exact) mass is 542 g/mol. The van der Waals surface area contributed by atoms with Crippen LogP contribution in [0.2, 0.25) is 0 Å². The molecule has 1 fully saturated rings. The number of hydrogen-bond acceptors (Lipinski definition) is 11.